The third-order valence-corrected chi connectivity index (χ3v) is 5.46. The van der Waals surface area contributed by atoms with Crippen molar-refractivity contribution in [3.05, 3.63) is 28.2 Å². The average Bonchev–Trinajstić information content (AvgIpc) is 2.75. The molecular formula is C14H20BrNOS. The highest BCUT2D eigenvalue weighted by Gasteiger charge is 2.25. The zero-order chi connectivity index (χ0) is 13.1. The lowest BCUT2D eigenvalue weighted by Gasteiger charge is -2.23. The predicted octanol–water partition coefficient (Wildman–Crippen LogP) is 4.00. The molecule has 2 nitrogen and oxygen atoms in total. The maximum Gasteiger partial charge on any atom is 0.133 e. The maximum atomic E-state index is 5.26. The fourth-order valence-corrected chi connectivity index (χ4v) is 4.09. The van der Waals surface area contributed by atoms with Gasteiger partial charge in [-0.3, -0.25) is 0 Å². The largest absolute Gasteiger partial charge is 0.496 e. The number of nitrogens with one attached hydrogen (secondary N) is 1. The molecule has 0 aromatic heterocycles. The first-order chi connectivity index (χ1) is 8.61. The van der Waals surface area contributed by atoms with Crippen LogP contribution in [0, 0.1) is 0 Å². The maximum absolute atomic E-state index is 5.26. The van der Waals surface area contributed by atoms with E-state index in [9.17, 15) is 0 Å². The fraction of sp³-hybridized carbons (Fsp3) is 0.571. The number of halogens is 1. The second kappa shape index (κ2) is 6.31. The van der Waals surface area contributed by atoms with Crippen LogP contribution in [0.4, 0.5) is 0 Å². The van der Waals surface area contributed by atoms with Crippen LogP contribution in [0.1, 0.15) is 31.9 Å². The Labute approximate surface area is 122 Å². The molecule has 1 fully saturated rings. The lowest BCUT2D eigenvalue weighted by Crippen LogP contribution is -2.35. The van der Waals surface area contributed by atoms with E-state index in [-0.39, 0.29) is 0 Å². The number of ether oxygens (including phenoxy) is 1. The number of rotatable bonds is 4. The van der Waals surface area contributed by atoms with Gasteiger partial charge in [-0.1, -0.05) is 13.0 Å². The fourth-order valence-electron chi connectivity index (χ4n) is 2.32. The van der Waals surface area contributed by atoms with Crippen molar-refractivity contribution in [3.63, 3.8) is 0 Å². The van der Waals surface area contributed by atoms with Crippen molar-refractivity contribution >= 4 is 27.7 Å². The van der Waals surface area contributed by atoms with Gasteiger partial charge >= 0.3 is 0 Å². The molecule has 18 heavy (non-hydrogen) atoms. The second-order valence-electron chi connectivity index (χ2n) is 4.75. The van der Waals surface area contributed by atoms with Crippen LogP contribution in [-0.4, -0.2) is 24.2 Å². The molecule has 0 amide bonds. The van der Waals surface area contributed by atoms with Gasteiger partial charge in [0, 0.05) is 17.3 Å². The summed E-state index contributed by atoms with van der Waals surface area (Å²) in [5.41, 5.74) is 1.30. The molecule has 1 N–H and O–H groups in total. The first-order valence-corrected chi connectivity index (χ1v) is 8.17. The summed E-state index contributed by atoms with van der Waals surface area (Å²) in [6, 6.07) is 7.30. The van der Waals surface area contributed by atoms with Crippen molar-refractivity contribution in [3.8, 4) is 5.75 Å². The van der Waals surface area contributed by atoms with Gasteiger partial charge in [-0.15, -0.1) is 0 Å². The molecule has 4 heteroatoms. The summed E-state index contributed by atoms with van der Waals surface area (Å²) in [5, 5.41) is 4.44. The number of benzene rings is 1. The minimum Gasteiger partial charge on any atom is -0.496 e. The van der Waals surface area contributed by atoms with Gasteiger partial charge in [0.25, 0.3) is 0 Å². The van der Waals surface area contributed by atoms with E-state index in [2.05, 4.69) is 59.0 Å². The molecule has 3 atom stereocenters. The van der Waals surface area contributed by atoms with Gasteiger partial charge in [0.05, 0.1) is 11.6 Å². The van der Waals surface area contributed by atoms with Crippen LogP contribution in [0.15, 0.2) is 22.7 Å². The Kier molecular flexibility index (Phi) is 4.98. The number of thioether (sulfide) groups is 1. The van der Waals surface area contributed by atoms with Crippen LogP contribution < -0.4 is 10.1 Å². The molecule has 1 aliphatic heterocycles. The van der Waals surface area contributed by atoms with Crippen LogP contribution in [-0.2, 0) is 0 Å². The lowest BCUT2D eigenvalue weighted by atomic mass is 10.1. The summed E-state index contributed by atoms with van der Waals surface area (Å²) in [6.45, 7) is 4.54. The van der Waals surface area contributed by atoms with Crippen molar-refractivity contribution in [1.29, 1.82) is 0 Å². The summed E-state index contributed by atoms with van der Waals surface area (Å²) in [6.07, 6.45) is 1.27. The third-order valence-electron chi connectivity index (χ3n) is 3.52. The van der Waals surface area contributed by atoms with E-state index in [1.807, 2.05) is 6.07 Å². The van der Waals surface area contributed by atoms with Gasteiger partial charge < -0.3 is 10.1 Å². The van der Waals surface area contributed by atoms with Gasteiger partial charge in [0.1, 0.15) is 5.75 Å². The van der Waals surface area contributed by atoms with E-state index in [1.165, 1.54) is 17.7 Å². The standard InChI is InChI=1S/C14H20BrNOS/c1-9(16-13-6-7-18-10(13)2)11-4-5-14(17-3)12(15)8-11/h4-5,8-10,13,16H,6-7H2,1-3H3. The summed E-state index contributed by atoms with van der Waals surface area (Å²) in [4.78, 5) is 0. The Hall–Kier alpha value is -0.190. The van der Waals surface area contributed by atoms with Gasteiger partial charge in [-0.2, -0.15) is 11.8 Å². The van der Waals surface area contributed by atoms with Crippen molar-refractivity contribution in [2.75, 3.05) is 12.9 Å². The minimum atomic E-state index is 0.373. The second-order valence-corrected chi connectivity index (χ2v) is 7.09. The highest BCUT2D eigenvalue weighted by Crippen LogP contribution is 2.31. The normalized spacial score (nSPS) is 25.1. The third kappa shape index (κ3) is 3.22. The zero-order valence-electron chi connectivity index (χ0n) is 11.1. The van der Waals surface area contributed by atoms with E-state index in [0.717, 1.165) is 10.2 Å². The van der Waals surface area contributed by atoms with E-state index in [1.54, 1.807) is 7.11 Å². The van der Waals surface area contributed by atoms with E-state index in [0.29, 0.717) is 17.3 Å². The highest BCUT2D eigenvalue weighted by atomic mass is 79.9. The van der Waals surface area contributed by atoms with E-state index >= 15 is 0 Å². The van der Waals surface area contributed by atoms with Crippen molar-refractivity contribution < 1.29 is 4.74 Å². The zero-order valence-corrected chi connectivity index (χ0v) is 13.5. The van der Waals surface area contributed by atoms with Gasteiger partial charge in [-0.05, 0) is 52.7 Å². The number of methoxy groups -OCH3 is 1. The van der Waals surface area contributed by atoms with Crippen LogP contribution in [0.3, 0.4) is 0 Å². The van der Waals surface area contributed by atoms with Crippen molar-refractivity contribution in [2.45, 2.75) is 37.6 Å². The van der Waals surface area contributed by atoms with Gasteiger partial charge in [-0.25, -0.2) is 0 Å². The Balaban J connectivity index is 2.04. The van der Waals surface area contributed by atoms with Crippen LogP contribution >= 0.6 is 27.7 Å². The van der Waals surface area contributed by atoms with Crippen LogP contribution in [0.2, 0.25) is 0 Å². The minimum absolute atomic E-state index is 0.373. The first-order valence-electron chi connectivity index (χ1n) is 6.33. The van der Waals surface area contributed by atoms with Crippen molar-refractivity contribution in [1.82, 2.24) is 5.32 Å². The molecule has 2 rings (SSSR count). The molecule has 0 radical (unpaired) electrons. The Morgan fingerprint density at radius 1 is 1.50 bits per heavy atom. The predicted molar refractivity (Wildman–Crippen MR) is 82.6 cm³/mol. The molecule has 1 saturated heterocycles. The monoisotopic (exact) mass is 329 g/mol. The number of hydrogen-bond donors (Lipinski definition) is 1. The molecule has 3 unspecified atom stereocenters. The molecule has 1 aromatic rings. The van der Waals surface area contributed by atoms with E-state index < -0.39 is 0 Å². The van der Waals surface area contributed by atoms with E-state index in [4.69, 9.17) is 4.74 Å². The van der Waals surface area contributed by atoms with Gasteiger partial charge in [0.15, 0.2) is 0 Å². The molecule has 1 aliphatic rings. The SMILES string of the molecule is COc1ccc(C(C)NC2CCSC2C)cc1Br. The molecule has 0 bridgehead atoms. The van der Waals surface area contributed by atoms with Gasteiger partial charge in [0.2, 0.25) is 0 Å². The highest BCUT2D eigenvalue weighted by molar-refractivity contribution is 9.10. The molecule has 0 spiro atoms. The van der Waals surface area contributed by atoms with Crippen LogP contribution in [0.25, 0.3) is 0 Å². The molecule has 0 saturated carbocycles. The quantitative estimate of drug-likeness (QED) is 0.902. The molecule has 100 valence electrons. The Bertz CT molecular complexity index is 413. The van der Waals surface area contributed by atoms with Crippen LogP contribution in [0.5, 0.6) is 5.75 Å². The molecule has 1 heterocycles. The summed E-state index contributed by atoms with van der Waals surface area (Å²) in [5.74, 6) is 2.16. The summed E-state index contributed by atoms with van der Waals surface area (Å²) < 4.78 is 6.28. The topological polar surface area (TPSA) is 21.3 Å². The Morgan fingerprint density at radius 3 is 2.83 bits per heavy atom. The van der Waals surface area contributed by atoms with Crippen molar-refractivity contribution in [2.24, 2.45) is 0 Å². The first kappa shape index (κ1) is 14.2. The average molecular weight is 330 g/mol. The number of hydrogen-bond acceptors (Lipinski definition) is 3. The molecule has 1 aromatic carbocycles. The molecular weight excluding hydrogens is 310 g/mol. The molecule has 0 aliphatic carbocycles. The summed E-state index contributed by atoms with van der Waals surface area (Å²) >= 11 is 5.60. The smallest absolute Gasteiger partial charge is 0.133 e. The Morgan fingerprint density at radius 2 is 2.28 bits per heavy atom. The lowest BCUT2D eigenvalue weighted by molar-refractivity contribution is 0.411. The summed E-state index contributed by atoms with van der Waals surface area (Å²) in [7, 11) is 1.69.